The molecule has 0 aromatic heterocycles. The fourth-order valence-corrected chi connectivity index (χ4v) is 3.89. The highest BCUT2D eigenvalue weighted by atomic mass is 16.6. The summed E-state index contributed by atoms with van der Waals surface area (Å²) in [6.45, 7) is 12.9. The summed E-state index contributed by atoms with van der Waals surface area (Å²) in [6.07, 6.45) is 5.04. The SMILES string of the molecule is CCCC(C)(C)CC1(C(C)(C)CCC)CC(=O)OC1=O. The van der Waals surface area contributed by atoms with Crippen LogP contribution in [-0.4, -0.2) is 11.9 Å². The summed E-state index contributed by atoms with van der Waals surface area (Å²) in [5.41, 5.74) is -0.821. The van der Waals surface area contributed by atoms with Gasteiger partial charge in [-0.05, 0) is 30.1 Å². The first-order valence-corrected chi connectivity index (χ1v) is 7.85. The van der Waals surface area contributed by atoms with Gasteiger partial charge in [0.1, 0.15) is 0 Å². The van der Waals surface area contributed by atoms with Crippen molar-refractivity contribution in [2.24, 2.45) is 16.2 Å². The molecule has 1 atom stereocenters. The maximum Gasteiger partial charge on any atom is 0.320 e. The minimum Gasteiger partial charge on any atom is -0.393 e. The van der Waals surface area contributed by atoms with Crippen LogP contribution in [0.1, 0.15) is 80.1 Å². The average molecular weight is 282 g/mol. The van der Waals surface area contributed by atoms with Gasteiger partial charge in [0.05, 0.1) is 11.8 Å². The molecule has 3 heteroatoms. The van der Waals surface area contributed by atoms with Crippen LogP contribution in [0, 0.1) is 16.2 Å². The molecule has 1 aliphatic rings. The Bertz CT molecular complexity index is 382. The number of rotatable bonds is 7. The Labute approximate surface area is 123 Å². The standard InChI is InChI=1S/C17H30O3/c1-7-9-15(3,4)12-17(16(5,6)10-8-2)11-13(18)20-14(17)19/h7-12H2,1-6H3. The predicted octanol–water partition coefficient (Wildman–Crippen LogP) is 4.49. The average Bonchev–Trinajstić information content (AvgIpc) is 2.53. The van der Waals surface area contributed by atoms with Gasteiger partial charge >= 0.3 is 11.9 Å². The molecular formula is C17H30O3. The second kappa shape index (κ2) is 5.87. The lowest BCUT2D eigenvalue weighted by molar-refractivity contribution is -0.160. The zero-order valence-electron chi connectivity index (χ0n) is 14.0. The van der Waals surface area contributed by atoms with Gasteiger partial charge in [0.25, 0.3) is 0 Å². The number of cyclic esters (lactones) is 2. The second-order valence-corrected chi connectivity index (χ2v) is 7.75. The monoisotopic (exact) mass is 282 g/mol. The molecule has 116 valence electrons. The molecule has 1 aliphatic heterocycles. The summed E-state index contributed by atoms with van der Waals surface area (Å²) in [5, 5.41) is 0. The van der Waals surface area contributed by atoms with Crippen molar-refractivity contribution in [1.82, 2.24) is 0 Å². The molecule has 1 saturated heterocycles. The van der Waals surface area contributed by atoms with Crippen LogP contribution < -0.4 is 0 Å². The van der Waals surface area contributed by atoms with Crippen molar-refractivity contribution in [3.8, 4) is 0 Å². The van der Waals surface area contributed by atoms with Gasteiger partial charge in [0.2, 0.25) is 0 Å². The molecule has 0 aliphatic carbocycles. The van der Waals surface area contributed by atoms with Gasteiger partial charge in [0, 0.05) is 0 Å². The van der Waals surface area contributed by atoms with Crippen LogP contribution in [0.5, 0.6) is 0 Å². The predicted molar refractivity (Wildman–Crippen MR) is 80.1 cm³/mol. The van der Waals surface area contributed by atoms with Gasteiger partial charge in [-0.25, -0.2) is 0 Å². The molecule has 0 bridgehead atoms. The van der Waals surface area contributed by atoms with Gasteiger partial charge in [0.15, 0.2) is 0 Å². The molecule has 0 saturated carbocycles. The Morgan fingerprint density at radius 2 is 1.60 bits per heavy atom. The topological polar surface area (TPSA) is 43.4 Å². The molecular weight excluding hydrogens is 252 g/mol. The number of esters is 2. The van der Waals surface area contributed by atoms with Gasteiger partial charge in [-0.3, -0.25) is 9.59 Å². The van der Waals surface area contributed by atoms with Crippen LogP contribution in [0.15, 0.2) is 0 Å². The highest BCUT2D eigenvalue weighted by molar-refractivity contribution is 5.98. The Balaban J connectivity index is 3.16. The lowest BCUT2D eigenvalue weighted by Gasteiger charge is -2.44. The minimum absolute atomic E-state index is 0.0450. The quantitative estimate of drug-likeness (QED) is 0.510. The van der Waals surface area contributed by atoms with Crippen molar-refractivity contribution >= 4 is 11.9 Å². The third kappa shape index (κ3) is 3.24. The maximum atomic E-state index is 12.5. The molecule has 0 N–H and O–H groups in total. The maximum absolute atomic E-state index is 12.5. The van der Waals surface area contributed by atoms with E-state index in [9.17, 15) is 9.59 Å². The van der Waals surface area contributed by atoms with Crippen LogP contribution in [0.4, 0.5) is 0 Å². The lowest BCUT2D eigenvalue weighted by atomic mass is 9.56. The van der Waals surface area contributed by atoms with Crippen LogP contribution >= 0.6 is 0 Å². The Hall–Kier alpha value is -0.860. The molecule has 0 radical (unpaired) electrons. The molecule has 1 rings (SSSR count). The van der Waals surface area contributed by atoms with Crippen molar-refractivity contribution in [1.29, 1.82) is 0 Å². The summed E-state index contributed by atoms with van der Waals surface area (Å²) in [6, 6.07) is 0. The number of carbonyl (C=O) groups is 2. The van der Waals surface area contributed by atoms with Crippen LogP contribution in [0.2, 0.25) is 0 Å². The minimum atomic E-state index is -0.654. The van der Waals surface area contributed by atoms with Crippen LogP contribution in [0.25, 0.3) is 0 Å². The molecule has 0 amide bonds. The summed E-state index contributed by atoms with van der Waals surface area (Å²) < 4.78 is 4.96. The van der Waals surface area contributed by atoms with E-state index in [-0.39, 0.29) is 29.2 Å². The zero-order chi connectivity index (χ0) is 15.6. The van der Waals surface area contributed by atoms with Gasteiger partial charge < -0.3 is 4.74 Å². The fraction of sp³-hybridized carbons (Fsp3) is 0.882. The van der Waals surface area contributed by atoms with Crippen molar-refractivity contribution in [2.75, 3.05) is 0 Å². The molecule has 20 heavy (non-hydrogen) atoms. The van der Waals surface area contributed by atoms with Crippen LogP contribution in [0.3, 0.4) is 0 Å². The van der Waals surface area contributed by atoms with E-state index in [0.717, 1.165) is 32.1 Å². The normalized spacial score (nSPS) is 24.1. The molecule has 3 nitrogen and oxygen atoms in total. The smallest absolute Gasteiger partial charge is 0.320 e. The number of ether oxygens (including phenoxy) is 1. The van der Waals surface area contributed by atoms with E-state index in [1.807, 2.05) is 0 Å². The first-order chi connectivity index (χ1) is 9.10. The zero-order valence-corrected chi connectivity index (χ0v) is 14.0. The van der Waals surface area contributed by atoms with Gasteiger partial charge in [-0.1, -0.05) is 54.4 Å². The van der Waals surface area contributed by atoms with Gasteiger partial charge in [-0.2, -0.15) is 0 Å². The molecule has 1 unspecified atom stereocenters. The van der Waals surface area contributed by atoms with Crippen molar-refractivity contribution < 1.29 is 14.3 Å². The van der Waals surface area contributed by atoms with E-state index in [1.54, 1.807) is 0 Å². The second-order valence-electron chi connectivity index (χ2n) is 7.75. The highest BCUT2D eigenvalue weighted by Gasteiger charge is 2.59. The Kier molecular flexibility index (Phi) is 5.04. The van der Waals surface area contributed by atoms with E-state index >= 15 is 0 Å². The number of hydrogen-bond acceptors (Lipinski definition) is 3. The lowest BCUT2D eigenvalue weighted by Crippen LogP contribution is -2.45. The summed E-state index contributed by atoms with van der Waals surface area (Å²) >= 11 is 0. The number of hydrogen-bond donors (Lipinski definition) is 0. The molecule has 0 spiro atoms. The molecule has 0 aromatic rings. The third-order valence-corrected chi connectivity index (χ3v) is 4.92. The van der Waals surface area contributed by atoms with E-state index in [1.165, 1.54) is 0 Å². The number of carbonyl (C=O) groups excluding carboxylic acids is 2. The van der Waals surface area contributed by atoms with Crippen molar-refractivity contribution in [3.63, 3.8) is 0 Å². The fourth-order valence-electron chi connectivity index (χ4n) is 3.89. The first kappa shape index (κ1) is 17.2. The van der Waals surface area contributed by atoms with E-state index < -0.39 is 5.41 Å². The van der Waals surface area contributed by atoms with Crippen LogP contribution in [-0.2, 0) is 14.3 Å². The molecule has 1 fully saturated rings. The largest absolute Gasteiger partial charge is 0.393 e. The summed E-state index contributed by atoms with van der Waals surface area (Å²) in [4.78, 5) is 24.2. The summed E-state index contributed by atoms with van der Waals surface area (Å²) in [7, 11) is 0. The van der Waals surface area contributed by atoms with E-state index in [2.05, 4.69) is 41.5 Å². The van der Waals surface area contributed by atoms with Crippen molar-refractivity contribution in [2.45, 2.75) is 80.1 Å². The molecule has 1 heterocycles. The highest BCUT2D eigenvalue weighted by Crippen LogP contribution is 2.55. The van der Waals surface area contributed by atoms with Crippen molar-refractivity contribution in [3.05, 3.63) is 0 Å². The van der Waals surface area contributed by atoms with E-state index in [0.29, 0.717) is 0 Å². The Morgan fingerprint density at radius 3 is 2.00 bits per heavy atom. The third-order valence-electron chi connectivity index (χ3n) is 4.92. The molecule has 0 aromatic carbocycles. The van der Waals surface area contributed by atoms with Gasteiger partial charge in [-0.15, -0.1) is 0 Å². The van der Waals surface area contributed by atoms with E-state index in [4.69, 9.17) is 4.74 Å². The first-order valence-electron chi connectivity index (χ1n) is 7.85. The summed E-state index contributed by atoms with van der Waals surface area (Å²) in [5.74, 6) is -0.656. The Morgan fingerprint density at radius 1 is 1.05 bits per heavy atom.